The Balaban J connectivity index is 2.05. The molecular formula is C12H17NO3Si. The van der Waals surface area contributed by atoms with E-state index >= 15 is 0 Å². The van der Waals surface area contributed by atoms with Crippen molar-refractivity contribution >= 4 is 14.4 Å². The maximum Gasteiger partial charge on any atom is 0.407 e. The van der Waals surface area contributed by atoms with Crippen LogP contribution in [-0.4, -0.2) is 21.0 Å². The van der Waals surface area contributed by atoms with Crippen molar-refractivity contribution < 1.29 is 14.0 Å². The van der Waals surface area contributed by atoms with Gasteiger partial charge in [-0.2, -0.15) is 0 Å². The van der Waals surface area contributed by atoms with Gasteiger partial charge in [-0.3, -0.25) is 0 Å². The van der Waals surface area contributed by atoms with Crippen LogP contribution in [0.2, 0.25) is 19.6 Å². The van der Waals surface area contributed by atoms with Crippen molar-refractivity contribution in [3.05, 3.63) is 29.8 Å². The van der Waals surface area contributed by atoms with Crippen LogP contribution in [0.15, 0.2) is 24.3 Å². The Morgan fingerprint density at radius 1 is 1.29 bits per heavy atom. The molecule has 0 spiro atoms. The third kappa shape index (κ3) is 3.23. The molecule has 0 bridgehead atoms. The number of hydrogen-bond acceptors (Lipinski definition) is 3. The molecule has 92 valence electrons. The average Bonchev–Trinajstić information content (AvgIpc) is 2.63. The molecule has 1 saturated heterocycles. The van der Waals surface area contributed by atoms with Crippen LogP contribution in [0.3, 0.4) is 0 Å². The molecule has 0 saturated carbocycles. The van der Waals surface area contributed by atoms with Crippen LogP contribution in [0.5, 0.6) is 5.75 Å². The topological polar surface area (TPSA) is 47.6 Å². The molecule has 1 aromatic carbocycles. The first-order valence-electron chi connectivity index (χ1n) is 5.66. The Kier molecular flexibility index (Phi) is 3.10. The van der Waals surface area contributed by atoms with Gasteiger partial charge in [0.2, 0.25) is 8.32 Å². The van der Waals surface area contributed by atoms with E-state index in [1.54, 1.807) is 0 Å². The minimum atomic E-state index is -1.55. The highest BCUT2D eigenvalue weighted by molar-refractivity contribution is 6.70. The SMILES string of the molecule is C[Si](C)(C)Oc1ccc([C@@H]2COC(=O)N2)cc1. The number of carbonyl (C=O) groups is 1. The molecule has 0 radical (unpaired) electrons. The minimum absolute atomic E-state index is 0.0385. The molecule has 1 aliphatic heterocycles. The Bertz CT molecular complexity index is 411. The van der Waals surface area contributed by atoms with Crippen LogP contribution in [0.4, 0.5) is 4.79 Å². The number of nitrogens with one attached hydrogen (secondary N) is 1. The Morgan fingerprint density at radius 3 is 2.41 bits per heavy atom. The first-order chi connectivity index (χ1) is 7.94. The molecule has 1 aromatic rings. The van der Waals surface area contributed by atoms with Gasteiger partial charge in [0.25, 0.3) is 0 Å². The summed E-state index contributed by atoms with van der Waals surface area (Å²) in [5.74, 6) is 0.887. The summed E-state index contributed by atoms with van der Waals surface area (Å²) < 4.78 is 10.7. The largest absolute Gasteiger partial charge is 0.544 e. The average molecular weight is 251 g/mol. The fourth-order valence-electron chi connectivity index (χ4n) is 1.69. The molecule has 1 aliphatic rings. The van der Waals surface area contributed by atoms with E-state index in [0.29, 0.717) is 6.61 Å². The summed E-state index contributed by atoms with van der Waals surface area (Å²) >= 11 is 0. The summed E-state index contributed by atoms with van der Waals surface area (Å²) in [6, 6.07) is 7.78. The number of hydrogen-bond donors (Lipinski definition) is 1. The fraction of sp³-hybridized carbons (Fsp3) is 0.417. The molecule has 17 heavy (non-hydrogen) atoms. The van der Waals surface area contributed by atoms with Gasteiger partial charge in [0, 0.05) is 0 Å². The maximum atomic E-state index is 10.9. The highest BCUT2D eigenvalue weighted by atomic mass is 28.4. The molecule has 1 atom stereocenters. The van der Waals surface area contributed by atoms with Crippen LogP contribution in [-0.2, 0) is 4.74 Å². The molecule has 2 rings (SSSR count). The van der Waals surface area contributed by atoms with Crippen LogP contribution in [0.1, 0.15) is 11.6 Å². The van der Waals surface area contributed by atoms with Gasteiger partial charge in [-0.1, -0.05) is 12.1 Å². The highest BCUT2D eigenvalue weighted by Crippen LogP contribution is 2.22. The van der Waals surface area contributed by atoms with Crippen molar-refractivity contribution in [2.75, 3.05) is 6.61 Å². The van der Waals surface area contributed by atoms with E-state index in [4.69, 9.17) is 9.16 Å². The number of ether oxygens (including phenoxy) is 1. The van der Waals surface area contributed by atoms with Crippen molar-refractivity contribution in [3.8, 4) is 5.75 Å². The number of cyclic esters (lactones) is 1. The second-order valence-electron chi connectivity index (χ2n) is 5.08. The van der Waals surface area contributed by atoms with Crippen molar-refractivity contribution in [1.29, 1.82) is 0 Å². The second-order valence-corrected chi connectivity index (χ2v) is 9.51. The molecular weight excluding hydrogens is 234 g/mol. The smallest absolute Gasteiger partial charge is 0.407 e. The van der Waals surface area contributed by atoms with Gasteiger partial charge in [-0.25, -0.2) is 4.79 Å². The first kappa shape index (κ1) is 12.0. The maximum absolute atomic E-state index is 10.9. The molecule has 0 aliphatic carbocycles. The fourth-order valence-corrected chi connectivity index (χ4v) is 2.53. The van der Waals surface area contributed by atoms with E-state index in [0.717, 1.165) is 11.3 Å². The molecule has 1 N–H and O–H groups in total. The van der Waals surface area contributed by atoms with Crippen molar-refractivity contribution in [3.63, 3.8) is 0 Å². The lowest BCUT2D eigenvalue weighted by molar-refractivity contribution is 0.177. The van der Waals surface area contributed by atoms with E-state index < -0.39 is 8.32 Å². The third-order valence-electron chi connectivity index (χ3n) is 2.38. The van der Waals surface area contributed by atoms with Crippen LogP contribution in [0, 0.1) is 0 Å². The zero-order valence-corrected chi connectivity index (χ0v) is 11.3. The predicted molar refractivity (Wildman–Crippen MR) is 67.6 cm³/mol. The van der Waals surface area contributed by atoms with Crippen molar-refractivity contribution in [1.82, 2.24) is 5.32 Å². The molecule has 0 unspecified atom stereocenters. The van der Waals surface area contributed by atoms with Crippen LogP contribution >= 0.6 is 0 Å². The lowest BCUT2D eigenvalue weighted by Gasteiger charge is -2.19. The van der Waals surface area contributed by atoms with E-state index in [1.165, 1.54) is 0 Å². The van der Waals surface area contributed by atoms with Gasteiger partial charge < -0.3 is 14.5 Å². The molecule has 5 heteroatoms. The molecule has 1 amide bonds. The first-order valence-corrected chi connectivity index (χ1v) is 9.07. The van der Waals surface area contributed by atoms with Gasteiger partial charge >= 0.3 is 6.09 Å². The molecule has 1 fully saturated rings. The van der Waals surface area contributed by atoms with Crippen molar-refractivity contribution in [2.45, 2.75) is 25.7 Å². The quantitative estimate of drug-likeness (QED) is 0.840. The number of benzene rings is 1. The van der Waals surface area contributed by atoms with Crippen LogP contribution < -0.4 is 9.74 Å². The number of alkyl carbamates (subject to hydrolysis) is 1. The monoisotopic (exact) mass is 251 g/mol. The van der Waals surface area contributed by atoms with E-state index in [2.05, 4.69) is 25.0 Å². The Morgan fingerprint density at radius 2 is 1.94 bits per heavy atom. The lowest BCUT2D eigenvalue weighted by atomic mass is 10.1. The summed E-state index contributed by atoms with van der Waals surface area (Å²) in [7, 11) is -1.55. The van der Waals surface area contributed by atoms with Gasteiger partial charge in [-0.05, 0) is 37.3 Å². The normalized spacial score (nSPS) is 19.7. The highest BCUT2D eigenvalue weighted by Gasteiger charge is 2.23. The number of carbonyl (C=O) groups excluding carboxylic acids is 1. The van der Waals surface area contributed by atoms with Gasteiger partial charge in [0.05, 0.1) is 6.04 Å². The lowest BCUT2D eigenvalue weighted by Crippen LogP contribution is -2.29. The summed E-state index contributed by atoms with van der Waals surface area (Å²) in [6.07, 6.45) is -0.350. The van der Waals surface area contributed by atoms with Gasteiger partial charge in [0.15, 0.2) is 0 Å². The van der Waals surface area contributed by atoms with E-state index in [9.17, 15) is 4.79 Å². The third-order valence-corrected chi connectivity index (χ3v) is 3.23. The summed E-state index contributed by atoms with van der Waals surface area (Å²) in [6.45, 7) is 6.83. The predicted octanol–water partition coefficient (Wildman–Crippen LogP) is 2.68. The zero-order valence-electron chi connectivity index (χ0n) is 10.3. The van der Waals surface area contributed by atoms with E-state index in [-0.39, 0.29) is 12.1 Å². The summed E-state index contributed by atoms with van der Waals surface area (Å²) in [4.78, 5) is 10.9. The molecule has 0 aromatic heterocycles. The van der Waals surface area contributed by atoms with Gasteiger partial charge in [-0.15, -0.1) is 0 Å². The molecule has 1 heterocycles. The Hall–Kier alpha value is -1.49. The van der Waals surface area contributed by atoms with Crippen LogP contribution in [0.25, 0.3) is 0 Å². The second kappa shape index (κ2) is 4.41. The summed E-state index contributed by atoms with van der Waals surface area (Å²) in [5, 5.41) is 2.74. The standard InChI is InChI=1S/C12H17NO3Si/c1-17(2,3)16-10-6-4-9(5-7-10)11-8-15-12(14)13-11/h4-7,11H,8H2,1-3H3,(H,13,14)/t11-/m0/s1. The van der Waals surface area contributed by atoms with Crippen molar-refractivity contribution in [2.24, 2.45) is 0 Å². The Labute approximate surface area is 102 Å². The van der Waals surface area contributed by atoms with E-state index in [1.807, 2.05) is 24.3 Å². The summed E-state index contributed by atoms with van der Waals surface area (Å²) in [5.41, 5.74) is 1.04. The zero-order chi connectivity index (χ0) is 12.5. The number of rotatable bonds is 3. The minimum Gasteiger partial charge on any atom is -0.544 e. The van der Waals surface area contributed by atoms with Gasteiger partial charge in [0.1, 0.15) is 12.4 Å². The molecule has 4 nitrogen and oxygen atoms in total. The number of amides is 1.